The van der Waals surface area contributed by atoms with E-state index in [4.69, 9.17) is 17.7 Å². The number of furan rings is 4. The maximum Gasteiger partial charge on any atom is 0.135 e. The predicted molar refractivity (Wildman–Crippen MR) is 396 cm³/mol. The van der Waals surface area contributed by atoms with Crippen LogP contribution in [0.25, 0.3) is 87.8 Å². The Labute approximate surface area is 544 Å². The van der Waals surface area contributed by atoms with E-state index in [9.17, 15) is 0 Å². The van der Waals surface area contributed by atoms with E-state index in [2.05, 4.69) is 328 Å². The smallest absolute Gasteiger partial charge is 0.135 e. The molecule has 0 fully saturated rings. The van der Waals surface area contributed by atoms with E-state index in [1.807, 2.05) is 18.2 Å². The number of fused-ring (bicyclic) bond motifs is 12. The van der Waals surface area contributed by atoms with Gasteiger partial charge >= 0.3 is 0 Å². The molecule has 0 aliphatic rings. The molecule has 0 atom stereocenters. The van der Waals surface area contributed by atoms with Crippen LogP contribution < -0.4 is 19.6 Å². The van der Waals surface area contributed by atoms with Crippen LogP contribution in [0.15, 0.2) is 254 Å². The van der Waals surface area contributed by atoms with Crippen molar-refractivity contribution in [2.24, 2.45) is 0 Å². The lowest BCUT2D eigenvalue weighted by atomic mass is 10.1. The Morgan fingerprint density at radius 2 is 0.462 bits per heavy atom. The molecule has 0 radical (unpaired) electrons. The lowest BCUT2D eigenvalue weighted by Crippen LogP contribution is -2.10. The second kappa shape index (κ2) is 25.4. The van der Waals surface area contributed by atoms with Crippen molar-refractivity contribution in [2.75, 3.05) is 47.8 Å². The summed E-state index contributed by atoms with van der Waals surface area (Å²) in [5.74, 6) is 0. The van der Waals surface area contributed by atoms with Gasteiger partial charge in [-0.3, -0.25) is 0 Å². The number of benzene rings is 12. The van der Waals surface area contributed by atoms with Crippen molar-refractivity contribution in [1.82, 2.24) is 0 Å². The van der Waals surface area contributed by atoms with Crippen molar-refractivity contribution in [3.63, 3.8) is 0 Å². The Morgan fingerprint density at radius 1 is 0.194 bits per heavy atom. The van der Waals surface area contributed by atoms with Gasteiger partial charge in [-0.05, 0) is 243 Å². The van der Waals surface area contributed by atoms with Crippen molar-refractivity contribution in [3.05, 3.63) is 287 Å². The first kappa shape index (κ1) is 60.9. The molecule has 93 heavy (non-hydrogen) atoms. The number of nitrogens with zero attached hydrogens (tertiary/aromatic N) is 4. The molecule has 0 bridgehead atoms. The van der Waals surface area contributed by atoms with Gasteiger partial charge in [0.1, 0.15) is 44.7 Å². The van der Waals surface area contributed by atoms with Crippen molar-refractivity contribution < 1.29 is 17.7 Å². The highest BCUT2D eigenvalue weighted by Gasteiger charge is 2.16. The van der Waals surface area contributed by atoms with Crippen LogP contribution in [0.1, 0.15) is 50.1 Å². The van der Waals surface area contributed by atoms with Gasteiger partial charge in [0.2, 0.25) is 0 Å². The molecule has 0 amide bonds. The average molecular weight is 1220 g/mol. The Balaban J connectivity index is 0.000000113. The van der Waals surface area contributed by atoms with E-state index in [0.717, 1.165) is 61.7 Å². The SMILES string of the molecule is Cc1ccc(N(C)c2ccc3oc4ccc(C)cc4c3c2)c(C)c1.Cc1ccc(N(C)c2ccc3oc4ccc(C)cc4c3c2)cc1.Cc1ccc2oc3ccc(N(C)c4ccc(C)c(C)c4)cc3c2c1.Cc1ccc2oc3ccc(N(C)c4ccccc4)cc3c2c1. The third-order valence-electron chi connectivity index (χ3n) is 18.1. The van der Waals surface area contributed by atoms with E-state index < -0.39 is 0 Å². The van der Waals surface area contributed by atoms with Crippen molar-refractivity contribution in [3.8, 4) is 0 Å². The quantitative estimate of drug-likeness (QED) is 0.149. The molecule has 8 heteroatoms. The van der Waals surface area contributed by atoms with Crippen molar-refractivity contribution >= 4 is 133 Å². The van der Waals surface area contributed by atoms with Crippen LogP contribution in [0.3, 0.4) is 0 Å². The minimum absolute atomic E-state index is 0.936. The maximum atomic E-state index is 5.97. The molecule has 0 spiro atoms. The average Bonchev–Trinajstić information content (AvgIpc) is 1.68. The summed E-state index contributed by atoms with van der Waals surface area (Å²) < 4.78 is 23.8. The molecule has 462 valence electrons. The van der Waals surface area contributed by atoms with E-state index >= 15 is 0 Å². The number of hydrogen-bond donors (Lipinski definition) is 0. The summed E-state index contributed by atoms with van der Waals surface area (Å²) in [7, 11) is 8.41. The van der Waals surface area contributed by atoms with Gasteiger partial charge in [-0.1, -0.05) is 106 Å². The fourth-order valence-electron chi connectivity index (χ4n) is 12.5. The Kier molecular flexibility index (Phi) is 16.6. The summed E-state index contributed by atoms with van der Waals surface area (Å²) in [6.07, 6.45) is 0. The monoisotopic (exact) mass is 1220 g/mol. The van der Waals surface area contributed by atoms with Crippen LogP contribution in [0.4, 0.5) is 45.5 Å². The van der Waals surface area contributed by atoms with Gasteiger partial charge in [-0.25, -0.2) is 0 Å². The molecule has 12 aromatic carbocycles. The first-order valence-corrected chi connectivity index (χ1v) is 31.8. The van der Waals surface area contributed by atoms with Crippen LogP contribution in [0.5, 0.6) is 0 Å². The third-order valence-corrected chi connectivity index (χ3v) is 18.1. The topological polar surface area (TPSA) is 65.5 Å². The second-order valence-corrected chi connectivity index (χ2v) is 25.1. The highest BCUT2D eigenvalue weighted by molar-refractivity contribution is 6.09. The van der Waals surface area contributed by atoms with Crippen molar-refractivity contribution in [2.45, 2.75) is 62.3 Å². The van der Waals surface area contributed by atoms with Gasteiger partial charge in [0.15, 0.2) is 0 Å². The standard InChI is InChI=1S/2C22H21NO.C21H19NO.C20H17NO/c1-14-5-8-20(16(3)11-14)23(4)17-7-10-22-19(13-17)18-12-15(2)6-9-21(18)24-22;1-14-5-9-21-19(11-14)20-13-18(8-10-22(20)24-21)23(4)17-7-6-15(2)16(3)12-17;1-14-4-7-16(8-5-14)22(3)17-9-11-21-19(13-17)18-12-15(2)6-10-20(18)23-21;1-14-8-10-19-17(12-14)18-13-16(9-11-20(18)22-19)21(2)15-6-4-3-5-7-15/h2*5-13H,1-4H3;4-13H,1-3H3;3-13H,1-2H3. The summed E-state index contributed by atoms with van der Waals surface area (Å²) in [5, 5.41) is 9.39. The molecule has 4 heterocycles. The zero-order valence-electron chi connectivity index (χ0n) is 55.4. The van der Waals surface area contributed by atoms with Gasteiger partial charge in [-0.2, -0.15) is 0 Å². The fraction of sp³-hybridized carbons (Fsp3) is 0.153. The first-order chi connectivity index (χ1) is 44.9. The van der Waals surface area contributed by atoms with Gasteiger partial charge in [-0.15, -0.1) is 0 Å². The summed E-state index contributed by atoms with van der Waals surface area (Å²) in [5.41, 5.74) is 28.4. The molecule has 16 rings (SSSR count). The van der Waals surface area contributed by atoms with Gasteiger partial charge in [0.25, 0.3) is 0 Å². The normalized spacial score (nSPS) is 11.3. The molecule has 0 N–H and O–H groups in total. The number of aryl methyl sites for hydroxylation is 9. The molecular weight excluding hydrogens is 1140 g/mol. The third kappa shape index (κ3) is 12.5. The highest BCUT2D eigenvalue weighted by atomic mass is 16.3. The Hall–Kier alpha value is -11.0. The molecule has 0 aliphatic carbocycles. The zero-order valence-corrected chi connectivity index (χ0v) is 55.4. The largest absolute Gasteiger partial charge is 0.456 e. The van der Waals surface area contributed by atoms with E-state index in [1.165, 1.54) is 122 Å². The molecule has 0 aliphatic heterocycles. The molecular formula is C85H78N4O4. The Morgan fingerprint density at radius 3 is 0.828 bits per heavy atom. The molecule has 8 nitrogen and oxygen atoms in total. The number of para-hydroxylation sites is 1. The number of anilines is 8. The maximum absolute atomic E-state index is 5.97. The van der Waals surface area contributed by atoms with E-state index in [0.29, 0.717) is 0 Å². The minimum Gasteiger partial charge on any atom is -0.456 e. The lowest BCUT2D eigenvalue weighted by Gasteiger charge is -2.22. The van der Waals surface area contributed by atoms with Crippen LogP contribution >= 0.6 is 0 Å². The van der Waals surface area contributed by atoms with Crippen molar-refractivity contribution in [1.29, 1.82) is 0 Å². The number of hydrogen-bond acceptors (Lipinski definition) is 8. The molecule has 0 saturated heterocycles. The van der Waals surface area contributed by atoms with E-state index in [-0.39, 0.29) is 0 Å². The summed E-state index contributed by atoms with van der Waals surface area (Å²) in [6.45, 7) is 19.1. The van der Waals surface area contributed by atoms with Crippen LogP contribution in [0.2, 0.25) is 0 Å². The number of rotatable bonds is 8. The fourth-order valence-corrected chi connectivity index (χ4v) is 12.5. The summed E-state index contributed by atoms with van der Waals surface area (Å²) in [6, 6.07) is 83.0. The van der Waals surface area contributed by atoms with Crippen LogP contribution in [-0.2, 0) is 0 Å². The van der Waals surface area contributed by atoms with Gasteiger partial charge in [0.05, 0.1) is 0 Å². The molecule has 0 saturated carbocycles. The van der Waals surface area contributed by atoms with Crippen LogP contribution in [0, 0.1) is 62.3 Å². The Bertz CT molecular complexity index is 5420. The minimum atomic E-state index is 0.936. The summed E-state index contributed by atoms with van der Waals surface area (Å²) >= 11 is 0. The van der Waals surface area contributed by atoms with Gasteiger partial charge in [0, 0.05) is 117 Å². The first-order valence-electron chi connectivity index (χ1n) is 31.8. The molecule has 16 aromatic rings. The van der Waals surface area contributed by atoms with Crippen LogP contribution in [-0.4, -0.2) is 28.2 Å². The molecule has 0 unspecified atom stereocenters. The molecule has 4 aromatic heterocycles. The second-order valence-electron chi connectivity index (χ2n) is 25.1. The summed E-state index contributed by atoms with van der Waals surface area (Å²) in [4.78, 5) is 8.85. The van der Waals surface area contributed by atoms with Gasteiger partial charge < -0.3 is 37.3 Å². The van der Waals surface area contributed by atoms with E-state index in [1.54, 1.807) is 0 Å². The predicted octanol–water partition coefficient (Wildman–Crippen LogP) is 24.2. The zero-order chi connectivity index (χ0) is 64.8. The highest BCUT2D eigenvalue weighted by Crippen LogP contribution is 2.39. The lowest BCUT2D eigenvalue weighted by molar-refractivity contribution is 0.668.